The highest BCUT2D eigenvalue weighted by atomic mass is 32.1. The molecule has 2 aliphatic rings. The van der Waals surface area contributed by atoms with Gasteiger partial charge in [-0.25, -0.2) is 14.4 Å². The lowest BCUT2D eigenvalue weighted by molar-refractivity contribution is -0.119. The van der Waals surface area contributed by atoms with Crippen LogP contribution in [0.1, 0.15) is 5.56 Å². The zero-order valence-electron chi connectivity index (χ0n) is 19.1. The SMILES string of the molecule is COC1=CC2=NC=NC(Nc3ccc(NC(=S)NC(=O)Cc4ccccc4)cc3F)C2C=C1OC. The molecule has 1 aliphatic carbocycles. The number of ether oxygens (including phenoxy) is 2. The number of thiocarbonyl (C=S) groups is 1. The Morgan fingerprint density at radius 3 is 2.60 bits per heavy atom. The van der Waals surface area contributed by atoms with Gasteiger partial charge in [0.05, 0.1) is 38.0 Å². The van der Waals surface area contributed by atoms with Crippen molar-refractivity contribution in [3.8, 4) is 0 Å². The third-order valence-electron chi connectivity index (χ3n) is 5.40. The van der Waals surface area contributed by atoms with Gasteiger partial charge in [0.15, 0.2) is 16.6 Å². The molecule has 1 heterocycles. The van der Waals surface area contributed by atoms with E-state index in [0.717, 1.165) is 11.3 Å². The molecule has 1 aliphatic heterocycles. The van der Waals surface area contributed by atoms with Crippen LogP contribution in [0.5, 0.6) is 0 Å². The second kappa shape index (κ2) is 10.9. The Morgan fingerprint density at radius 1 is 1.11 bits per heavy atom. The highest BCUT2D eigenvalue weighted by Crippen LogP contribution is 2.29. The number of nitrogens with one attached hydrogen (secondary N) is 3. The van der Waals surface area contributed by atoms with Crippen molar-refractivity contribution in [1.82, 2.24) is 5.32 Å². The van der Waals surface area contributed by atoms with E-state index in [1.54, 1.807) is 32.4 Å². The summed E-state index contributed by atoms with van der Waals surface area (Å²) in [6, 6.07) is 13.8. The second-order valence-electron chi connectivity index (χ2n) is 7.74. The Bertz CT molecular complexity index is 1240. The summed E-state index contributed by atoms with van der Waals surface area (Å²) in [5, 5.41) is 8.64. The molecule has 4 rings (SSSR count). The fraction of sp³-hybridized carbons (Fsp3) is 0.200. The first kappa shape index (κ1) is 24.1. The van der Waals surface area contributed by atoms with Crippen molar-refractivity contribution in [3.63, 3.8) is 0 Å². The van der Waals surface area contributed by atoms with Crippen molar-refractivity contribution in [2.24, 2.45) is 15.9 Å². The number of carbonyl (C=O) groups excluding carboxylic acids is 1. The van der Waals surface area contributed by atoms with Crippen LogP contribution in [0.4, 0.5) is 15.8 Å². The normalized spacial score (nSPS) is 18.3. The Hall–Kier alpha value is -4.05. The van der Waals surface area contributed by atoms with Crippen LogP contribution in [0.15, 0.2) is 82.2 Å². The first-order chi connectivity index (χ1) is 17.0. The minimum Gasteiger partial charge on any atom is -0.493 e. The number of anilines is 2. The molecule has 35 heavy (non-hydrogen) atoms. The molecule has 0 radical (unpaired) electrons. The van der Waals surface area contributed by atoms with E-state index in [1.807, 2.05) is 36.4 Å². The number of aliphatic imine (C=N–C) groups is 2. The molecule has 2 unspecified atom stereocenters. The van der Waals surface area contributed by atoms with E-state index in [-0.39, 0.29) is 29.0 Å². The number of fused-ring (bicyclic) bond motifs is 1. The number of amides is 1. The van der Waals surface area contributed by atoms with Crippen molar-refractivity contribution in [2.45, 2.75) is 12.6 Å². The maximum Gasteiger partial charge on any atom is 0.230 e. The van der Waals surface area contributed by atoms with E-state index in [0.29, 0.717) is 17.2 Å². The molecule has 0 bridgehead atoms. The van der Waals surface area contributed by atoms with Crippen LogP contribution in [-0.4, -0.2) is 43.5 Å². The standard InChI is InChI=1S/C25H24FN5O3S/c1-33-21-12-17-20(13-22(21)34-2)27-14-28-24(17)30-19-9-8-16(11-18(19)26)29-25(35)31-23(32)10-15-6-4-3-5-7-15/h3-9,11-14,17,24,30H,10H2,1-2H3,(H2,29,31,32,35). The van der Waals surface area contributed by atoms with Gasteiger partial charge in [0.2, 0.25) is 5.91 Å². The van der Waals surface area contributed by atoms with E-state index in [9.17, 15) is 9.18 Å². The molecule has 3 N–H and O–H groups in total. The molecule has 0 spiro atoms. The third-order valence-corrected chi connectivity index (χ3v) is 5.60. The second-order valence-corrected chi connectivity index (χ2v) is 8.15. The van der Waals surface area contributed by atoms with Gasteiger partial charge in [0.1, 0.15) is 18.3 Å². The van der Waals surface area contributed by atoms with E-state index < -0.39 is 12.0 Å². The van der Waals surface area contributed by atoms with Crippen molar-refractivity contribution >= 4 is 46.7 Å². The fourth-order valence-corrected chi connectivity index (χ4v) is 3.94. The van der Waals surface area contributed by atoms with Crippen molar-refractivity contribution < 1.29 is 18.7 Å². The molecule has 1 amide bonds. The number of carbonyl (C=O) groups is 1. The van der Waals surface area contributed by atoms with E-state index in [2.05, 4.69) is 25.9 Å². The number of allylic oxidation sites excluding steroid dienone is 1. The predicted octanol–water partition coefficient (Wildman–Crippen LogP) is 3.79. The van der Waals surface area contributed by atoms with Crippen LogP contribution >= 0.6 is 12.2 Å². The molecule has 10 heteroatoms. The predicted molar refractivity (Wildman–Crippen MR) is 138 cm³/mol. The molecule has 180 valence electrons. The molecular formula is C25H24FN5O3S. The minimum atomic E-state index is -0.507. The summed E-state index contributed by atoms with van der Waals surface area (Å²) in [5.74, 6) is 0.0842. The van der Waals surface area contributed by atoms with Crippen molar-refractivity contribution in [1.29, 1.82) is 0 Å². The summed E-state index contributed by atoms with van der Waals surface area (Å²) >= 11 is 5.19. The Labute approximate surface area is 207 Å². The Balaban J connectivity index is 1.38. The molecule has 8 nitrogen and oxygen atoms in total. The highest BCUT2D eigenvalue weighted by Gasteiger charge is 2.31. The van der Waals surface area contributed by atoms with Gasteiger partial charge >= 0.3 is 0 Å². The maximum absolute atomic E-state index is 14.9. The van der Waals surface area contributed by atoms with Gasteiger partial charge in [-0.15, -0.1) is 0 Å². The monoisotopic (exact) mass is 493 g/mol. The largest absolute Gasteiger partial charge is 0.493 e. The number of hydrogen-bond donors (Lipinski definition) is 3. The number of methoxy groups -OCH3 is 2. The highest BCUT2D eigenvalue weighted by molar-refractivity contribution is 7.80. The number of nitrogens with zero attached hydrogens (tertiary/aromatic N) is 2. The van der Waals surface area contributed by atoms with E-state index in [1.165, 1.54) is 12.4 Å². The Morgan fingerprint density at radius 2 is 1.89 bits per heavy atom. The lowest BCUT2D eigenvalue weighted by atomic mass is 9.92. The number of rotatable bonds is 7. The van der Waals surface area contributed by atoms with Crippen LogP contribution in [0, 0.1) is 11.7 Å². The van der Waals surface area contributed by atoms with Gasteiger partial charge in [0, 0.05) is 11.8 Å². The minimum absolute atomic E-state index is 0.0870. The average Bonchev–Trinajstić information content (AvgIpc) is 2.85. The molecule has 2 aromatic carbocycles. The third kappa shape index (κ3) is 5.90. The zero-order chi connectivity index (χ0) is 24.8. The molecule has 0 saturated heterocycles. The molecule has 0 saturated carbocycles. The molecule has 0 fully saturated rings. The van der Waals surface area contributed by atoms with Gasteiger partial charge in [-0.3, -0.25) is 4.79 Å². The lowest BCUT2D eigenvalue weighted by Crippen LogP contribution is -2.36. The summed E-state index contributed by atoms with van der Waals surface area (Å²) < 4.78 is 25.6. The summed E-state index contributed by atoms with van der Waals surface area (Å²) in [7, 11) is 3.10. The van der Waals surface area contributed by atoms with Gasteiger partial charge in [0.25, 0.3) is 0 Å². The van der Waals surface area contributed by atoms with Gasteiger partial charge in [-0.2, -0.15) is 0 Å². The topological polar surface area (TPSA) is 96.3 Å². The molecular weight excluding hydrogens is 469 g/mol. The zero-order valence-corrected chi connectivity index (χ0v) is 19.9. The van der Waals surface area contributed by atoms with Crippen molar-refractivity contribution in [3.05, 3.63) is 83.6 Å². The summed E-state index contributed by atoms with van der Waals surface area (Å²) in [5.41, 5.74) is 2.25. The van der Waals surface area contributed by atoms with Gasteiger partial charge in [-0.1, -0.05) is 30.3 Å². The summed E-state index contributed by atoms with van der Waals surface area (Å²) in [6.45, 7) is 0. The first-order valence-electron chi connectivity index (χ1n) is 10.8. The quantitative estimate of drug-likeness (QED) is 0.508. The van der Waals surface area contributed by atoms with Crippen LogP contribution < -0.4 is 16.0 Å². The van der Waals surface area contributed by atoms with Gasteiger partial charge < -0.3 is 25.4 Å². The summed E-state index contributed by atoms with van der Waals surface area (Å²) in [6.07, 6.45) is 4.75. The molecule has 2 atom stereocenters. The fourth-order valence-electron chi connectivity index (χ4n) is 3.71. The smallest absolute Gasteiger partial charge is 0.230 e. The number of hydrogen-bond acceptors (Lipinski definition) is 7. The maximum atomic E-state index is 14.9. The van der Waals surface area contributed by atoms with Crippen LogP contribution in [0.2, 0.25) is 0 Å². The summed E-state index contributed by atoms with van der Waals surface area (Å²) in [4.78, 5) is 20.9. The first-order valence-corrected chi connectivity index (χ1v) is 11.2. The molecule has 0 aromatic heterocycles. The van der Waals surface area contributed by atoms with Crippen molar-refractivity contribution in [2.75, 3.05) is 24.9 Å². The van der Waals surface area contributed by atoms with Gasteiger partial charge in [-0.05, 0) is 42.1 Å². The number of benzene rings is 2. The van der Waals surface area contributed by atoms with Crippen LogP contribution in [0.25, 0.3) is 0 Å². The lowest BCUT2D eigenvalue weighted by Gasteiger charge is -2.29. The van der Waals surface area contributed by atoms with E-state index >= 15 is 0 Å². The average molecular weight is 494 g/mol. The Kier molecular flexibility index (Phi) is 7.51. The van der Waals surface area contributed by atoms with Crippen LogP contribution in [0.3, 0.4) is 0 Å². The molecule has 2 aromatic rings. The van der Waals surface area contributed by atoms with E-state index in [4.69, 9.17) is 21.7 Å². The van der Waals surface area contributed by atoms with Crippen LogP contribution in [-0.2, 0) is 20.7 Å². The number of halogens is 1.